The highest BCUT2D eigenvalue weighted by molar-refractivity contribution is 6.04. The molecule has 1 amide bonds. The van der Waals surface area contributed by atoms with Gasteiger partial charge in [-0.15, -0.1) is 0 Å². The van der Waals surface area contributed by atoms with E-state index in [2.05, 4.69) is 37.3 Å². The third-order valence-electron chi connectivity index (χ3n) is 6.09. The van der Waals surface area contributed by atoms with Crippen molar-refractivity contribution >= 4 is 22.6 Å². The minimum absolute atomic E-state index is 0.217. The summed E-state index contributed by atoms with van der Waals surface area (Å²) in [5.74, 6) is 0.266. The zero-order valence-electron chi connectivity index (χ0n) is 18.3. The van der Waals surface area contributed by atoms with Crippen LogP contribution >= 0.6 is 0 Å². The molecule has 32 heavy (non-hydrogen) atoms. The Morgan fingerprint density at radius 1 is 1.03 bits per heavy atom. The van der Waals surface area contributed by atoms with Crippen molar-refractivity contribution in [3.8, 4) is 11.1 Å². The van der Waals surface area contributed by atoms with Gasteiger partial charge in [-0.2, -0.15) is 10.2 Å². The van der Waals surface area contributed by atoms with Gasteiger partial charge >= 0.3 is 0 Å². The summed E-state index contributed by atoms with van der Waals surface area (Å²) in [7, 11) is 1.88. The molecule has 9 nitrogen and oxygen atoms in total. The Labute approximate surface area is 186 Å². The predicted molar refractivity (Wildman–Crippen MR) is 122 cm³/mol. The molecule has 0 atom stereocenters. The molecular formula is C23H26N8O. The number of aryl methyl sites for hydroxylation is 1. The fourth-order valence-corrected chi connectivity index (χ4v) is 4.17. The Bertz CT molecular complexity index is 1250. The molecule has 0 radical (unpaired) electrons. The molecule has 0 bridgehead atoms. The summed E-state index contributed by atoms with van der Waals surface area (Å²) in [5, 5.41) is 12.5. The number of rotatable bonds is 5. The molecule has 0 aliphatic carbocycles. The summed E-state index contributed by atoms with van der Waals surface area (Å²) in [6, 6.07) is 4.21. The van der Waals surface area contributed by atoms with Crippen LogP contribution in [0.25, 0.3) is 22.0 Å². The van der Waals surface area contributed by atoms with Crippen LogP contribution < -0.4 is 5.32 Å². The lowest BCUT2D eigenvalue weighted by Crippen LogP contribution is -2.34. The number of anilines is 1. The Morgan fingerprint density at radius 2 is 1.88 bits per heavy atom. The summed E-state index contributed by atoms with van der Waals surface area (Å²) in [4.78, 5) is 24.1. The first-order valence-electron chi connectivity index (χ1n) is 10.9. The number of nitrogens with one attached hydrogen (secondary N) is 1. The number of pyridine rings is 2. The topological polar surface area (TPSA) is 93.8 Å². The van der Waals surface area contributed by atoms with Crippen molar-refractivity contribution in [2.75, 3.05) is 25.0 Å². The van der Waals surface area contributed by atoms with E-state index in [0.717, 1.165) is 54.5 Å². The number of carbonyl (C=O) groups is 1. The van der Waals surface area contributed by atoms with E-state index in [-0.39, 0.29) is 5.91 Å². The van der Waals surface area contributed by atoms with E-state index in [0.29, 0.717) is 17.4 Å². The summed E-state index contributed by atoms with van der Waals surface area (Å²) in [5.41, 5.74) is 3.25. The summed E-state index contributed by atoms with van der Waals surface area (Å²) in [6.45, 7) is 5.40. The third-order valence-corrected chi connectivity index (χ3v) is 6.09. The monoisotopic (exact) mass is 430 g/mol. The Morgan fingerprint density at radius 3 is 2.62 bits per heavy atom. The summed E-state index contributed by atoms with van der Waals surface area (Å²) >= 11 is 0. The number of carbonyl (C=O) groups excluding carboxylic acids is 1. The second-order valence-corrected chi connectivity index (χ2v) is 8.22. The highest BCUT2D eigenvalue weighted by Crippen LogP contribution is 2.24. The lowest BCUT2D eigenvalue weighted by molar-refractivity contribution is 0.102. The molecule has 0 saturated carbocycles. The fourth-order valence-electron chi connectivity index (χ4n) is 4.17. The zero-order chi connectivity index (χ0) is 22.1. The van der Waals surface area contributed by atoms with Crippen LogP contribution in [0, 0.1) is 0 Å². The van der Waals surface area contributed by atoms with E-state index in [4.69, 9.17) is 0 Å². The smallest absolute Gasteiger partial charge is 0.260 e. The number of hydrogen-bond donors (Lipinski definition) is 1. The normalized spacial score (nSPS) is 15.3. The van der Waals surface area contributed by atoms with Crippen LogP contribution in [-0.2, 0) is 7.05 Å². The first-order valence-corrected chi connectivity index (χ1v) is 10.9. The zero-order valence-corrected chi connectivity index (χ0v) is 18.3. The number of piperidine rings is 1. The van der Waals surface area contributed by atoms with Crippen LogP contribution in [0.2, 0.25) is 0 Å². The number of nitrogens with zero attached hydrogens (tertiary/aromatic N) is 7. The first kappa shape index (κ1) is 20.3. The molecule has 1 aliphatic rings. The van der Waals surface area contributed by atoms with E-state index in [1.54, 1.807) is 29.5 Å². The molecule has 1 aliphatic heterocycles. The van der Waals surface area contributed by atoms with Gasteiger partial charge in [0.05, 0.1) is 35.7 Å². The molecule has 4 aromatic rings. The maximum Gasteiger partial charge on any atom is 0.260 e. The maximum absolute atomic E-state index is 12.8. The third kappa shape index (κ3) is 4.11. The van der Waals surface area contributed by atoms with Crippen molar-refractivity contribution in [3.05, 3.63) is 54.9 Å². The minimum Gasteiger partial charge on any atom is -0.306 e. The number of aromatic nitrogens is 6. The van der Waals surface area contributed by atoms with Gasteiger partial charge in [-0.1, -0.05) is 6.92 Å². The maximum atomic E-state index is 12.8. The van der Waals surface area contributed by atoms with Crippen LogP contribution in [0.5, 0.6) is 0 Å². The average Bonchev–Trinajstić information content (AvgIpc) is 3.48. The highest BCUT2D eigenvalue weighted by atomic mass is 16.1. The molecule has 1 saturated heterocycles. The minimum atomic E-state index is -0.217. The van der Waals surface area contributed by atoms with Crippen molar-refractivity contribution in [2.45, 2.75) is 25.8 Å². The second kappa shape index (κ2) is 8.51. The summed E-state index contributed by atoms with van der Waals surface area (Å²) in [6.07, 6.45) is 12.8. The predicted octanol–water partition coefficient (Wildman–Crippen LogP) is 3.14. The van der Waals surface area contributed by atoms with Crippen LogP contribution in [0.15, 0.2) is 49.3 Å². The molecule has 4 aromatic heterocycles. The molecule has 5 heterocycles. The van der Waals surface area contributed by atoms with Crippen LogP contribution in [0.4, 0.5) is 5.82 Å². The molecule has 9 heteroatoms. The van der Waals surface area contributed by atoms with E-state index in [1.165, 1.54) is 0 Å². The SMILES string of the molecule is CCN1CCC(n2cc(C(=O)Nc3cc4cc(-c5cnn(C)c5)cnc4cn3)cn2)CC1. The van der Waals surface area contributed by atoms with E-state index < -0.39 is 0 Å². The number of likely N-dealkylation sites (tertiary alicyclic amines) is 1. The van der Waals surface area contributed by atoms with Gasteiger partial charge in [-0.25, -0.2) is 4.98 Å². The molecule has 1 fully saturated rings. The van der Waals surface area contributed by atoms with Crippen molar-refractivity contribution in [2.24, 2.45) is 7.05 Å². The van der Waals surface area contributed by atoms with E-state index >= 15 is 0 Å². The van der Waals surface area contributed by atoms with Crippen LogP contribution in [0.1, 0.15) is 36.2 Å². The van der Waals surface area contributed by atoms with Gasteiger partial charge in [-0.05, 0) is 31.5 Å². The second-order valence-electron chi connectivity index (χ2n) is 8.22. The number of hydrogen-bond acceptors (Lipinski definition) is 6. The molecule has 0 aromatic carbocycles. The molecule has 0 spiro atoms. The summed E-state index contributed by atoms with van der Waals surface area (Å²) < 4.78 is 3.69. The average molecular weight is 431 g/mol. The van der Waals surface area contributed by atoms with Crippen molar-refractivity contribution in [1.82, 2.24) is 34.4 Å². The lowest BCUT2D eigenvalue weighted by atomic mass is 10.1. The van der Waals surface area contributed by atoms with Crippen LogP contribution in [0.3, 0.4) is 0 Å². The quantitative estimate of drug-likeness (QED) is 0.523. The molecular weight excluding hydrogens is 404 g/mol. The Hall–Kier alpha value is -3.59. The lowest BCUT2D eigenvalue weighted by Gasteiger charge is -2.31. The van der Waals surface area contributed by atoms with Gasteiger partial charge in [0.2, 0.25) is 0 Å². The number of amides is 1. The van der Waals surface area contributed by atoms with Crippen molar-refractivity contribution in [3.63, 3.8) is 0 Å². The van der Waals surface area contributed by atoms with Gasteiger partial charge < -0.3 is 10.2 Å². The van der Waals surface area contributed by atoms with Gasteiger partial charge in [-0.3, -0.25) is 19.1 Å². The molecule has 0 unspecified atom stereocenters. The number of fused-ring (bicyclic) bond motifs is 1. The van der Waals surface area contributed by atoms with Crippen molar-refractivity contribution < 1.29 is 4.79 Å². The van der Waals surface area contributed by atoms with Gasteiger partial charge in [0.1, 0.15) is 5.82 Å². The van der Waals surface area contributed by atoms with Gasteiger partial charge in [0.25, 0.3) is 5.91 Å². The highest BCUT2D eigenvalue weighted by Gasteiger charge is 2.21. The Kier molecular flexibility index (Phi) is 5.40. The van der Waals surface area contributed by atoms with Gasteiger partial charge in [0.15, 0.2) is 0 Å². The largest absolute Gasteiger partial charge is 0.306 e. The van der Waals surface area contributed by atoms with Crippen molar-refractivity contribution in [1.29, 1.82) is 0 Å². The van der Waals surface area contributed by atoms with E-state index in [1.807, 2.05) is 36.3 Å². The molecule has 1 N–H and O–H groups in total. The first-order chi connectivity index (χ1) is 15.6. The molecule has 164 valence electrons. The molecule has 5 rings (SSSR count). The van der Waals surface area contributed by atoms with E-state index in [9.17, 15) is 4.79 Å². The Balaban J connectivity index is 1.31. The standard InChI is InChI=1S/C23H26N8O/c1-3-30-6-4-20(5-7-30)31-15-19(12-27-31)23(32)28-22-9-16-8-17(10-24-21(16)13-25-22)18-11-26-29(2)14-18/h8-15,20H,3-7H2,1-2H3,(H,25,28,32). The van der Waals surface area contributed by atoms with Gasteiger partial charge in [0, 0.05) is 55.2 Å². The fraction of sp³-hybridized carbons (Fsp3) is 0.348. The van der Waals surface area contributed by atoms with Crippen LogP contribution in [-0.4, -0.2) is 60.0 Å².